The largest absolute Gasteiger partial charge is 0.504 e. The molecule has 0 bridgehead atoms. The fraction of sp³-hybridized carbons (Fsp3) is 0. The summed E-state index contributed by atoms with van der Waals surface area (Å²) in [6, 6.07) is 14.5. The third kappa shape index (κ3) is 2.65. The smallest absolute Gasteiger partial charge is 0.271 e. The number of primary amides is 1. The molecular weight excluding hydrogens is 392 g/mol. The average Bonchev–Trinajstić information content (AvgIpc) is 3.04. The number of pyridine rings is 1. The summed E-state index contributed by atoms with van der Waals surface area (Å²) in [5, 5.41) is 11.6. The van der Waals surface area contributed by atoms with Crippen molar-refractivity contribution in [3.63, 3.8) is 0 Å². The van der Waals surface area contributed by atoms with Crippen LogP contribution in [0, 0.1) is 0 Å². The molecule has 26 heavy (non-hydrogen) atoms. The van der Waals surface area contributed by atoms with Gasteiger partial charge in [0, 0.05) is 25.3 Å². The van der Waals surface area contributed by atoms with Crippen LogP contribution >= 0.6 is 22.9 Å². The van der Waals surface area contributed by atoms with Gasteiger partial charge in [-0.2, -0.15) is 0 Å². The van der Waals surface area contributed by atoms with Crippen LogP contribution < -0.4 is 5.73 Å². The molecule has 0 aliphatic carbocycles. The molecule has 2 aromatic carbocycles. The van der Waals surface area contributed by atoms with Crippen molar-refractivity contribution < 1.29 is 14.1 Å². The van der Waals surface area contributed by atoms with E-state index in [2.05, 4.69) is 4.98 Å². The maximum atomic E-state index is 12.8. The lowest BCUT2D eigenvalue weighted by atomic mass is 10.2. The lowest BCUT2D eigenvalue weighted by Crippen LogP contribution is -2.13. The Bertz CT molecular complexity index is 1210. The second kappa shape index (κ2) is 6.35. The zero-order chi connectivity index (χ0) is 18.4. The predicted octanol–water partition coefficient (Wildman–Crippen LogP) is 4.07. The van der Waals surface area contributed by atoms with Crippen molar-refractivity contribution >= 4 is 59.8 Å². The normalized spacial score (nSPS) is 12.5. The van der Waals surface area contributed by atoms with Gasteiger partial charge in [-0.25, -0.2) is 9.19 Å². The molecule has 5 nitrogen and oxygen atoms in total. The fourth-order valence-electron chi connectivity index (χ4n) is 2.73. The maximum absolute atomic E-state index is 12.8. The van der Waals surface area contributed by atoms with E-state index in [1.807, 2.05) is 24.3 Å². The third-order valence-electron chi connectivity index (χ3n) is 3.92. The summed E-state index contributed by atoms with van der Waals surface area (Å²) < 4.78 is 14.1. The van der Waals surface area contributed by atoms with Gasteiger partial charge < -0.3 is 10.8 Å². The first-order valence-corrected chi connectivity index (χ1v) is 9.83. The summed E-state index contributed by atoms with van der Waals surface area (Å²) in [7, 11) is -1.35. The lowest BCUT2D eigenvalue weighted by molar-refractivity contribution is 0.0993. The molecule has 1 atom stereocenters. The van der Waals surface area contributed by atoms with Gasteiger partial charge in [-0.15, -0.1) is 11.3 Å². The highest BCUT2D eigenvalue weighted by Crippen LogP contribution is 2.43. The monoisotopic (exact) mass is 402 g/mol. The van der Waals surface area contributed by atoms with Crippen LogP contribution in [0.25, 0.3) is 20.2 Å². The quantitative estimate of drug-likeness (QED) is 0.505. The number of thiophene rings is 1. The molecule has 8 heteroatoms. The van der Waals surface area contributed by atoms with Crippen LogP contribution in [0.1, 0.15) is 10.5 Å². The van der Waals surface area contributed by atoms with Crippen molar-refractivity contribution in [3.05, 3.63) is 59.4 Å². The van der Waals surface area contributed by atoms with Crippen LogP contribution in [-0.4, -0.2) is 20.2 Å². The molecular formula is C18H11ClN2O3S2. The molecule has 4 aromatic rings. The van der Waals surface area contributed by atoms with Crippen molar-refractivity contribution in [2.75, 3.05) is 0 Å². The Morgan fingerprint density at radius 1 is 1.15 bits per heavy atom. The van der Waals surface area contributed by atoms with Crippen LogP contribution in [0.4, 0.5) is 0 Å². The van der Waals surface area contributed by atoms with Gasteiger partial charge in [0.2, 0.25) is 0 Å². The fourth-order valence-corrected chi connectivity index (χ4v) is 5.29. The number of halogens is 1. The van der Waals surface area contributed by atoms with E-state index in [1.165, 1.54) is 11.3 Å². The number of carbonyl (C=O) groups is 1. The van der Waals surface area contributed by atoms with E-state index < -0.39 is 16.7 Å². The van der Waals surface area contributed by atoms with Crippen LogP contribution in [0.5, 0.6) is 5.75 Å². The van der Waals surface area contributed by atoms with Gasteiger partial charge in [-0.05, 0) is 30.3 Å². The summed E-state index contributed by atoms with van der Waals surface area (Å²) in [4.78, 5) is 16.7. The molecule has 0 saturated carbocycles. The number of hydrogen-bond donors (Lipinski definition) is 2. The van der Waals surface area contributed by atoms with E-state index >= 15 is 0 Å². The summed E-state index contributed by atoms with van der Waals surface area (Å²) in [5.41, 5.74) is 4.98. The molecule has 0 aliphatic rings. The molecule has 0 saturated heterocycles. The Labute approximate surface area is 159 Å². The summed E-state index contributed by atoms with van der Waals surface area (Å²) in [6.45, 7) is 0. The Balaban J connectivity index is 1.96. The Morgan fingerprint density at radius 2 is 1.88 bits per heavy atom. The van der Waals surface area contributed by atoms with Crippen LogP contribution in [0.3, 0.4) is 0 Å². The molecule has 0 aliphatic heterocycles. The van der Waals surface area contributed by atoms with Gasteiger partial charge in [-0.3, -0.25) is 4.79 Å². The second-order valence-electron chi connectivity index (χ2n) is 5.51. The second-order valence-corrected chi connectivity index (χ2v) is 8.40. The molecule has 2 aromatic heterocycles. The van der Waals surface area contributed by atoms with E-state index in [9.17, 15) is 14.1 Å². The first kappa shape index (κ1) is 17.0. The minimum atomic E-state index is -1.35. The number of fused-ring (bicyclic) bond motifs is 3. The zero-order valence-electron chi connectivity index (χ0n) is 13.1. The minimum absolute atomic E-state index is 0.0699. The van der Waals surface area contributed by atoms with E-state index in [-0.39, 0.29) is 16.6 Å². The third-order valence-corrected chi connectivity index (χ3v) is 6.75. The number of amides is 1. The number of aromatic hydroxyl groups is 1. The van der Waals surface area contributed by atoms with E-state index in [1.54, 1.807) is 24.3 Å². The minimum Gasteiger partial charge on any atom is -0.504 e. The van der Waals surface area contributed by atoms with Crippen LogP contribution in [0.2, 0.25) is 5.15 Å². The molecule has 1 amide bonds. The topological polar surface area (TPSA) is 93.3 Å². The Kier molecular flexibility index (Phi) is 4.14. The SMILES string of the molecule is NC(=O)c1nc(Cl)c2c(sc3ccc(S(=O)c4ccccc4)cc32)c1O. The highest BCUT2D eigenvalue weighted by atomic mass is 35.5. The van der Waals surface area contributed by atoms with Gasteiger partial charge in [0.25, 0.3) is 5.91 Å². The highest BCUT2D eigenvalue weighted by Gasteiger charge is 2.21. The van der Waals surface area contributed by atoms with Gasteiger partial charge >= 0.3 is 0 Å². The standard InChI is InChI=1S/C18H11ClN2O3S2/c19-17-13-11-8-10(26(24)9-4-2-1-3-5-9)6-7-12(11)25-16(13)15(22)14(21-17)18(20)23/h1-8,22H,(H2,20,23). The molecule has 4 rings (SSSR count). The Morgan fingerprint density at radius 3 is 2.58 bits per heavy atom. The number of nitrogens with two attached hydrogens (primary N) is 1. The van der Waals surface area contributed by atoms with Crippen molar-refractivity contribution in [2.24, 2.45) is 5.73 Å². The molecule has 2 heterocycles. The van der Waals surface area contributed by atoms with Crippen molar-refractivity contribution in [3.8, 4) is 5.75 Å². The predicted molar refractivity (Wildman–Crippen MR) is 103 cm³/mol. The number of hydrogen-bond acceptors (Lipinski definition) is 5. The zero-order valence-corrected chi connectivity index (χ0v) is 15.5. The molecule has 1 unspecified atom stereocenters. The molecule has 0 radical (unpaired) electrons. The van der Waals surface area contributed by atoms with Gasteiger partial charge in [0.15, 0.2) is 11.4 Å². The van der Waals surface area contributed by atoms with E-state index in [4.69, 9.17) is 17.3 Å². The number of benzene rings is 2. The van der Waals surface area contributed by atoms with Crippen molar-refractivity contribution in [1.29, 1.82) is 0 Å². The van der Waals surface area contributed by atoms with Gasteiger partial charge in [0.1, 0.15) is 5.15 Å². The summed E-state index contributed by atoms with van der Waals surface area (Å²) in [6.07, 6.45) is 0. The molecule has 0 fully saturated rings. The number of aromatic nitrogens is 1. The number of carbonyl (C=O) groups excluding carboxylic acids is 1. The lowest BCUT2D eigenvalue weighted by Gasteiger charge is -2.04. The van der Waals surface area contributed by atoms with Gasteiger partial charge in [-0.1, -0.05) is 29.8 Å². The molecule has 130 valence electrons. The molecule has 3 N–H and O–H groups in total. The highest BCUT2D eigenvalue weighted by molar-refractivity contribution is 7.85. The summed E-state index contributed by atoms with van der Waals surface area (Å²) in [5.74, 6) is -1.14. The van der Waals surface area contributed by atoms with Crippen LogP contribution in [0.15, 0.2) is 58.3 Å². The van der Waals surface area contributed by atoms with Crippen LogP contribution in [-0.2, 0) is 10.8 Å². The first-order chi connectivity index (χ1) is 12.5. The number of nitrogens with zero attached hydrogens (tertiary/aromatic N) is 1. The van der Waals surface area contributed by atoms with Gasteiger partial charge in [0.05, 0.1) is 15.5 Å². The number of rotatable bonds is 3. The van der Waals surface area contributed by atoms with Crippen molar-refractivity contribution in [2.45, 2.75) is 9.79 Å². The Hall–Kier alpha value is -2.48. The average molecular weight is 403 g/mol. The first-order valence-electron chi connectivity index (χ1n) is 7.48. The van der Waals surface area contributed by atoms with E-state index in [0.29, 0.717) is 19.9 Å². The van der Waals surface area contributed by atoms with E-state index in [0.717, 1.165) is 10.1 Å². The van der Waals surface area contributed by atoms with Crippen molar-refractivity contribution in [1.82, 2.24) is 4.98 Å². The molecule has 0 spiro atoms. The maximum Gasteiger partial charge on any atom is 0.271 e. The summed E-state index contributed by atoms with van der Waals surface area (Å²) >= 11 is 7.52.